The van der Waals surface area contributed by atoms with Gasteiger partial charge in [-0.3, -0.25) is 4.79 Å². The summed E-state index contributed by atoms with van der Waals surface area (Å²) in [6, 6.07) is 9.97. The summed E-state index contributed by atoms with van der Waals surface area (Å²) in [5, 5.41) is 11.9. The van der Waals surface area contributed by atoms with Gasteiger partial charge in [0.25, 0.3) is 5.91 Å². The minimum Gasteiger partial charge on any atom is -0.508 e. The molecule has 0 aliphatic carbocycles. The van der Waals surface area contributed by atoms with Gasteiger partial charge in [-0.1, -0.05) is 12.1 Å². The van der Waals surface area contributed by atoms with Gasteiger partial charge in [-0.15, -0.1) is 0 Å². The molecule has 180 valence electrons. The quantitative estimate of drug-likeness (QED) is 0.469. The summed E-state index contributed by atoms with van der Waals surface area (Å²) < 4.78 is 55.1. The number of aromatic hydroxyl groups is 1. The maximum atomic E-state index is 14.3. The molecular weight excluding hydrogens is 450 g/mol. The zero-order chi connectivity index (χ0) is 25.0. The number of carbonyl (C=O) groups is 1. The Balaban J connectivity index is 1.84. The van der Waals surface area contributed by atoms with Crippen molar-refractivity contribution in [2.45, 2.75) is 19.6 Å². The Morgan fingerprint density at radius 1 is 0.853 bits per heavy atom. The van der Waals surface area contributed by atoms with E-state index in [2.05, 4.69) is 5.32 Å². The second kappa shape index (κ2) is 10.6. The van der Waals surface area contributed by atoms with Crippen LogP contribution in [0.2, 0.25) is 0 Å². The molecule has 0 spiro atoms. The average molecular weight is 475 g/mol. The van der Waals surface area contributed by atoms with Gasteiger partial charge in [0.05, 0.1) is 0 Å². The Hall–Kier alpha value is -3.59. The number of nitrogens with zero attached hydrogens (tertiary/aromatic N) is 2. The highest BCUT2D eigenvalue weighted by Crippen LogP contribution is 2.26. The molecule has 3 rings (SSSR count). The molecule has 5 nitrogen and oxygen atoms in total. The zero-order valence-electron chi connectivity index (χ0n) is 19.0. The topological polar surface area (TPSA) is 55.8 Å². The van der Waals surface area contributed by atoms with E-state index in [1.807, 2.05) is 19.0 Å². The van der Waals surface area contributed by atoms with Crippen LogP contribution in [0.5, 0.6) is 5.75 Å². The Kier molecular flexibility index (Phi) is 7.78. The summed E-state index contributed by atoms with van der Waals surface area (Å²) >= 11 is 0. The number of hydrogen-bond donors (Lipinski definition) is 2. The lowest BCUT2D eigenvalue weighted by Crippen LogP contribution is -2.26. The Morgan fingerprint density at radius 3 is 2.12 bits per heavy atom. The van der Waals surface area contributed by atoms with Gasteiger partial charge in [0, 0.05) is 67.3 Å². The number of benzene rings is 3. The maximum Gasteiger partial charge on any atom is 0.251 e. The molecule has 34 heavy (non-hydrogen) atoms. The van der Waals surface area contributed by atoms with E-state index < -0.39 is 41.3 Å². The third-order valence-corrected chi connectivity index (χ3v) is 5.22. The number of carbonyl (C=O) groups excluding carboxylic acids is 1. The molecular formula is C25H25F4N3O2. The van der Waals surface area contributed by atoms with Crippen LogP contribution in [0.3, 0.4) is 0 Å². The number of rotatable bonds is 8. The van der Waals surface area contributed by atoms with Crippen LogP contribution < -0.4 is 10.2 Å². The molecule has 9 heteroatoms. The first-order chi connectivity index (χ1) is 16.0. The first kappa shape index (κ1) is 25.0. The van der Waals surface area contributed by atoms with E-state index in [4.69, 9.17) is 0 Å². The molecule has 0 unspecified atom stereocenters. The number of phenols is 1. The predicted molar refractivity (Wildman–Crippen MR) is 121 cm³/mol. The fraction of sp³-hybridized carbons (Fsp3) is 0.240. The first-order valence-corrected chi connectivity index (χ1v) is 10.4. The molecule has 0 radical (unpaired) electrons. The van der Waals surface area contributed by atoms with E-state index in [1.165, 1.54) is 12.1 Å². The van der Waals surface area contributed by atoms with Gasteiger partial charge in [0.15, 0.2) is 0 Å². The van der Waals surface area contributed by atoms with Crippen molar-refractivity contribution in [2.24, 2.45) is 0 Å². The molecule has 0 saturated heterocycles. The van der Waals surface area contributed by atoms with Gasteiger partial charge in [0.1, 0.15) is 29.0 Å². The van der Waals surface area contributed by atoms with Crippen molar-refractivity contribution in [1.82, 2.24) is 10.2 Å². The highest BCUT2D eigenvalue weighted by molar-refractivity contribution is 5.95. The van der Waals surface area contributed by atoms with Gasteiger partial charge in [-0.05, 0) is 37.9 Å². The van der Waals surface area contributed by atoms with Crippen molar-refractivity contribution < 1.29 is 27.5 Å². The van der Waals surface area contributed by atoms with Crippen molar-refractivity contribution in [2.75, 3.05) is 26.0 Å². The monoisotopic (exact) mass is 475 g/mol. The van der Waals surface area contributed by atoms with Crippen LogP contribution in [-0.2, 0) is 19.6 Å². The van der Waals surface area contributed by atoms with Gasteiger partial charge in [-0.2, -0.15) is 0 Å². The van der Waals surface area contributed by atoms with Crippen LogP contribution in [0.1, 0.15) is 27.0 Å². The second-order valence-electron chi connectivity index (χ2n) is 8.24. The normalized spacial score (nSPS) is 11.1. The van der Waals surface area contributed by atoms with Crippen molar-refractivity contribution in [1.29, 1.82) is 0 Å². The fourth-order valence-corrected chi connectivity index (χ4v) is 3.55. The van der Waals surface area contributed by atoms with Crippen LogP contribution in [0.4, 0.5) is 23.2 Å². The summed E-state index contributed by atoms with van der Waals surface area (Å²) in [6.45, 7) is 0.259. The summed E-state index contributed by atoms with van der Waals surface area (Å²) in [6.07, 6.45) is 0. The highest BCUT2D eigenvalue weighted by Gasteiger charge is 2.17. The van der Waals surface area contributed by atoms with Crippen LogP contribution in [0.15, 0.2) is 48.5 Å². The average Bonchev–Trinajstić information content (AvgIpc) is 2.74. The van der Waals surface area contributed by atoms with Gasteiger partial charge in [0.2, 0.25) is 0 Å². The molecule has 0 saturated carbocycles. The standard InChI is InChI=1S/C25H25F4N3O2/c1-31(2)13-17-5-4-15(25(34)30-12-20-22(28)9-18(26)10-23(20)29)8-24(17)32(3)14-16-6-7-19(33)11-21(16)27/h4-11,33H,12-14H2,1-3H3,(H,30,34). The summed E-state index contributed by atoms with van der Waals surface area (Å²) in [5.41, 5.74) is 1.68. The van der Waals surface area contributed by atoms with Crippen molar-refractivity contribution in [3.63, 3.8) is 0 Å². The van der Waals surface area contributed by atoms with E-state index in [-0.39, 0.29) is 17.9 Å². The van der Waals surface area contributed by atoms with Crippen molar-refractivity contribution in [3.8, 4) is 5.75 Å². The molecule has 0 fully saturated rings. The third-order valence-electron chi connectivity index (χ3n) is 5.22. The van der Waals surface area contributed by atoms with E-state index in [0.29, 0.717) is 29.9 Å². The summed E-state index contributed by atoms with van der Waals surface area (Å²) in [5.74, 6) is -4.53. The lowest BCUT2D eigenvalue weighted by atomic mass is 10.1. The van der Waals surface area contributed by atoms with Crippen LogP contribution in [0.25, 0.3) is 0 Å². The molecule has 0 bridgehead atoms. The van der Waals surface area contributed by atoms with Gasteiger partial charge < -0.3 is 20.2 Å². The zero-order valence-corrected chi connectivity index (χ0v) is 19.0. The molecule has 0 heterocycles. The van der Waals surface area contributed by atoms with E-state index in [9.17, 15) is 27.5 Å². The highest BCUT2D eigenvalue weighted by atomic mass is 19.1. The van der Waals surface area contributed by atoms with Crippen molar-refractivity contribution >= 4 is 11.6 Å². The van der Waals surface area contributed by atoms with Crippen molar-refractivity contribution in [3.05, 3.63) is 94.1 Å². The van der Waals surface area contributed by atoms with E-state index in [0.717, 1.165) is 11.6 Å². The number of amides is 1. The molecule has 1 amide bonds. The fourth-order valence-electron chi connectivity index (χ4n) is 3.55. The molecule has 0 aliphatic heterocycles. The van der Waals surface area contributed by atoms with Crippen LogP contribution in [0, 0.1) is 23.3 Å². The largest absolute Gasteiger partial charge is 0.508 e. The molecule has 0 aromatic heterocycles. The number of phenolic OH excluding ortho intramolecular Hbond substituents is 1. The number of hydrogen-bond acceptors (Lipinski definition) is 4. The molecule has 3 aromatic rings. The minimum absolute atomic E-state index is 0.170. The lowest BCUT2D eigenvalue weighted by molar-refractivity contribution is 0.0950. The predicted octanol–water partition coefficient (Wildman–Crippen LogP) is 4.58. The Morgan fingerprint density at radius 2 is 1.50 bits per heavy atom. The van der Waals surface area contributed by atoms with Crippen LogP contribution >= 0.6 is 0 Å². The maximum absolute atomic E-state index is 14.3. The summed E-state index contributed by atoms with van der Waals surface area (Å²) in [7, 11) is 5.51. The lowest BCUT2D eigenvalue weighted by Gasteiger charge is -2.25. The van der Waals surface area contributed by atoms with E-state index in [1.54, 1.807) is 30.1 Å². The Labute approximate surface area is 195 Å². The first-order valence-electron chi connectivity index (χ1n) is 10.4. The molecule has 3 aromatic carbocycles. The molecule has 0 atom stereocenters. The second-order valence-corrected chi connectivity index (χ2v) is 8.24. The van der Waals surface area contributed by atoms with Gasteiger partial charge in [-0.25, -0.2) is 17.6 Å². The SMILES string of the molecule is CN(C)Cc1ccc(C(=O)NCc2c(F)cc(F)cc2F)cc1N(C)Cc1ccc(O)cc1F. The molecule has 0 aliphatic rings. The molecule has 2 N–H and O–H groups in total. The minimum atomic E-state index is -1.09. The van der Waals surface area contributed by atoms with Gasteiger partial charge >= 0.3 is 0 Å². The number of halogens is 4. The van der Waals surface area contributed by atoms with Crippen LogP contribution in [-0.4, -0.2) is 37.1 Å². The number of anilines is 1. The Bertz CT molecular complexity index is 1180. The summed E-state index contributed by atoms with van der Waals surface area (Å²) in [4.78, 5) is 16.4. The smallest absolute Gasteiger partial charge is 0.251 e. The number of nitrogens with one attached hydrogen (secondary N) is 1. The van der Waals surface area contributed by atoms with E-state index >= 15 is 0 Å². The third kappa shape index (κ3) is 6.05.